The molecule has 0 atom stereocenters. The highest BCUT2D eigenvalue weighted by molar-refractivity contribution is 7.92. The van der Waals surface area contributed by atoms with Crippen LogP contribution in [-0.4, -0.2) is 45.9 Å². The number of para-hydroxylation sites is 1. The maximum absolute atomic E-state index is 12.7. The maximum atomic E-state index is 12.7. The lowest BCUT2D eigenvalue weighted by atomic mass is 10.2. The monoisotopic (exact) mass is 474 g/mol. The smallest absolute Gasteiger partial charge is 0.387 e. The molecule has 1 N–H and O–H groups in total. The van der Waals surface area contributed by atoms with E-state index in [0.29, 0.717) is 5.56 Å². The average Bonchev–Trinajstić information content (AvgIpc) is 3.14. The molecule has 0 aliphatic carbocycles. The summed E-state index contributed by atoms with van der Waals surface area (Å²) < 4.78 is 63.8. The van der Waals surface area contributed by atoms with Crippen molar-refractivity contribution in [3.8, 4) is 17.6 Å². The molecule has 0 aliphatic heterocycles. The van der Waals surface area contributed by atoms with Crippen molar-refractivity contribution in [2.45, 2.75) is 38.6 Å². The first-order valence-electron chi connectivity index (χ1n) is 8.75. The van der Waals surface area contributed by atoms with Crippen LogP contribution in [0.4, 0.5) is 14.5 Å². The fourth-order valence-electron chi connectivity index (χ4n) is 2.40. The van der Waals surface area contributed by atoms with E-state index in [1.54, 1.807) is 13.8 Å². The number of sulfonamides is 1. The molecule has 1 aromatic carbocycles. The zero-order valence-electron chi connectivity index (χ0n) is 16.5. The summed E-state index contributed by atoms with van der Waals surface area (Å²) in [6.07, 6.45) is 0.877. The number of alkyl halides is 2. The molecule has 0 unspecified atom stereocenters. The number of halogens is 3. The van der Waals surface area contributed by atoms with Crippen LogP contribution in [0.5, 0.6) is 11.6 Å². The molecule has 2 aromatic heterocycles. The van der Waals surface area contributed by atoms with E-state index in [4.69, 9.17) is 16.3 Å². The highest BCUT2D eigenvalue weighted by Crippen LogP contribution is 2.31. The van der Waals surface area contributed by atoms with Crippen molar-refractivity contribution >= 4 is 27.3 Å². The number of ether oxygens (including phenoxy) is 2. The second-order valence-electron chi connectivity index (χ2n) is 6.40. The van der Waals surface area contributed by atoms with E-state index in [2.05, 4.69) is 29.5 Å². The van der Waals surface area contributed by atoms with Crippen molar-refractivity contribution in [1.82, 2.24) is 24.7 Å². The minimum Gasteiger partial charge on any atom is -0.475 e. The van der Waals surface area contributed by atoms with Gasteiger partial charge in [-0.15, -0.1) is 5.10 Å². The summed E-state index contributed by atoms with van der Waals surface area (Å²) in [6, 6.07) is 5.58. The first-order chi connectivity index (χ1) is 14.5. The summed E-state index contributed by atoms with van der Waals surface area (Å²) in [7, 11) is -4.36. The predicted octanol–water partition coefficient (Wildman–Crippen LogP) is 3.21. The largest absolute Gasteiger partial charge is 0.475 e. The SMILES string of the molecule is Cc1cccc(OC(F)F)c1NS(=O)(=O)c1ncn(-c2nc(Cl)cc(OC(C)C)n2)n1. The Bertz CT molecular complexity index is 1190. The summed E-state index contributed by atoms with van der Waals surface area (Å²) in [5.74, 6) is -0.252. The molecule has 0 saturated carbocycles. The quantitative estimate of drug-likeness (QED) is 0.494. The Morgan fingerprint density at radius 1 is 1.19 bits per heavy atom. The number of anilines is 1. The molecule has 0 radical (unpaired) electrons. The Balaban J connectivity index is 1.92. The second kappa shape index (κ2) is 8.98. The van der Waals surface area contributed by atoms with Gasteiger partial charge >= 0.3 is 6.61 Å². The van der Waals surface area contributed by atoms with E-state index in [-0.39, 0.29) is 34.5 Å². The third-order valence-electron chi connectivity index (χ3n) is 3.62. The van der Waals surface area contributed by atoms with Crippen LogP contribution in [0, 0.1) is 6.92 Å². The molecule has 166 valence electrons. The number of rotatable bonds is 8. The fourth-order valence-corrected chi connectivity index (χ4v) is 3.57. The third-order valence-corrected chi connectivity index (χ3v) is 4.95. The lowest BCUT2D eigenvalue weighted by Gasteiger charge is -2.14. The molecule has 3 aromatic rings. The number of nitrogens with zero attached hydrogens (tertiary/aromatic N) is 5. The van der Waals surface area contributed by atoms with Crippen molar-refractivity contribution in [1.29, 1.82) is 0 Å². The highest BCUT2D eigenvalue weighted by atomic mass is 35.5. The summed E-state index contributed by atoms with van der Waals surface area (Å²) in [5, 5.41) is 3.26. The van der Waals surface area contributed by atoms with E-state index in [1.807, 2.05) is 0 Å². The molecule has 0 fully saturated rings. The molecule has 0 saturated heterocycles. The number of benzene rings is 1. The number of hydrogen-bond donors (Lipinski definition) is 1. The average molecular weight is 475 g/mol. The van der Waals surface area contributed by atoms with E-state index in [0.717, 1.165) is 11.0 Å². The highest BCUT2D eigenvalue weighted by Gasteiger charge is 2.24. The lowest BCUT2D eigenvalue weighted by molar-refractivity contribution is -0.0493. The summed E-state index contributed by atoms with van der Waals surface area (Å²) in [6.45, 7) is 1.97. The lowest BCUT2D eigenvalue weighted by Crippen LogP contribution is -2.17. The van der Waals surface area contributed by atoms with Gasteiger partial charge in [-0.05, 0) is 32.4 Å². The summed E-state index contributed by atoms with van der Waals surface area (Å²) in [5.41, 5.74) is 0.195. The standard InChI is InChI=1S/C17H17ClF2N6O4S/c1-9(2)29-13-7-12(18)22-16(23-13)26-8-21-17(24-26)31(27,28)25-14-10(3)5-4-6-11(14)30-15(19)20/h4-9,15,25H,1-3H3. The minimum atomic E-state index is -4.36. The zero-order valence-corrected chi connectivity index (χ0v) is 18.0. The molecule has 0 bridgehead atoms. The van der Waals surface area contributed by atoms with Crippen molar-refractivity contribution in [2.24, 2.45) is 0 Å². The van der Waals surface area contributed by atoms with Gasteiger partial charge in [-0.2, -0.15) is 31.8 Å². The number of nitrogens with one attached hydrogen (secondary N) is 1. The second-order valence-corrected chi connectivity index (χ2v) is 8.36. The van der Waals surface area contributed by atoms with Gasteiger partial charge in [0, 0.05) is 6.07 Å². The Morgan fingerprint density at radius 3 is 2.61 bits per heavy atom. The Labute approximate surface area is 181 Å². The molecule has 10 nitrogen and oxygen atoms in total. The molecule has 0 aliphatic rings. The molecule has 0 spiro atoms. The van der Waals surface area contributed by atoms with Crippen LogP contribution in [-0.2, 0) is 10.0 Å². The molecule has 2 heterocycles. The zero-order chi connectivity index (χ0) is 22.8. The minimum absolute atomic E-state index is 0.0485. The molecular weight excluding hydrogens is 458 g/mol. The van der Waals surface area contributed by atoms with Gasteiger partial charge in [0.1, 0.15) is 17.2 Å². The normalized spacial score (nSPS) is 11.7. The van der Waals surface area contributed by atoms with Crippen LogP contribution < -0.4 is 14.2 Å². The van der Waals surface area contributed by atoms with Crippen LogP contribution in [0.1, 0.15) is 19.4 Å². The molecule has 0 amide bonds. The van der Waals surface area contributed by atoms with E-state index in [9.17, 15) is 17.2 Å². The number of hydrogen-bond acceptors (Lipinski definition) is 8. The van der Waals surface area contributed by atoms with Gasteiger partial charge in [0.05, 0.1) is 11.8 Å². The maximum Gasteiger partial charge on any atom is 0.387 e. The van der Waals surface area contributed by atoms with E-state index in [1.165, 1.54) is 31.2 Å². The predicted molar refractivity (Wildman–Crippen MR) is 106 cm³/mol. The number of aromatic nitrogens is 5. The first kappa shape index (κ1) is 22.6. The van der Waals surface area contributed by atoms with Crippen LogP contribution in [0.2, 0.25) is 5.15 Å². The van der Waals surface area contributed by atoms with Gasteiger partial charge in [0.2, 0.25) is 5.88 Å². The molecular formula is C17H17ClF2N6O4S. The molecule has 3 rings (SSSR count). The van der Waals surface area contributed by atoms with Gasteiger partial charge in [-0.1, -0.05) is 23.7 Å². The first-order valence-corrected chi connectivity index (χ1v) is 10.6. The Hall–Kier alpha value is -3.06. The third kappa shape index (κ3) is 5.55. The summed E-state index contributed by atoms with van der Waals surface area (Å²) >= 11 is 5.97. The summed E-state index contributed by atoms with van der Waals surface area (Å²) in [4.78, 5) is 11.8. The van der Waals surface area contributed by atoms with Crippen LogP contribution in [0.25, 0.3) is 5.95 Å². The van der Waals surface area contributed by atoms with Crippen LogP contribution in [0.15, 0.2) is 35.7 Å². The van der Waals surface area contributed by atoms with Gasteiger partial charge in [-0.3, -0.25) is 4.72 Å². The van der Waals surface area contributed by atoms with Crippen molar-refractivity contribution < 1.29 is 26.7 Å². The number of aryl methyl sites for hydroxylation is 1. The van der Waals surface area contributed by atoms with E-state index < -0.39 is 21.8 Å². The topological polar surface area (TPSA) is 121 Å². The van der Waals surface area contributed by atoms with Crippen molar-refractivity contribution in [3.63, 3.8) is 0 Å². The van der Waals surface area contributed by atoms with Crippen molar-refractivity contribution in [3.05, 3.63) is 41.3 Å². The molecule has 14 heteroatoms. The Kier molecular flexibility index (Phi) is 6.55. The van der Waals surface area contributed by atoms with Gasteiger partial charge in [-0.25, -0.2) is 4.98 Å². The van der Waals surface area contributed by atoms with Crippen molar-refractivity contribution in [2.75, 3.05) is 4.72 Å². The van der Waals surface area contributed by atoms with E-state index >= 15 is 0 Å². The Morgan fingerprint density at radius 2 is 1.94 bits per heavy atom. The van der Waals surface area contributed by atoms with Gasteiger partial charge in [0.25, 0.3) is 21.1 Å². The van der Waals surface area contributed by atoms with Crippen LogP contribution >= 0.6 is 11.6 Å². The van der Waals surface area contributed by atoms with Gasteiger partial charge < -0.3 is 9.47 Å². The van der Waals surface area contributed by atoms with Gasteiger partial charge in [0.15, 0.2) is 0 Å². The molecule has 31 heavy (non-hydrogen) atoms. The fraction of sp³-hybridized carbons (Fsp3) is 0.294. The van der Waals surface area contributed by atoms with Crippen LogP contribution in [0.3, 0.4) is 0 Å².